The molecular weight excluding hydrogens is 404 g/mol. The molecule has 0 radical (unpaired) electrons. The Hall–Kier alpha value is -3.07. The zero-order valence-electron chi connectivity index (χ0n) is 16.7. The van der Waals surface area contributed by atoms with Gasteiger partial charge in [-0.3, -0.25) is 4.79 Å². The Balaban J connectivity index is 1.24. The Morgan fingerprint density at radius 2 is 1.90 bits per heavy atom. The van der Waals surface area contributed by atoms with Crippen LogP contribution in [0.3, 0.4) is 0 Å². The molecule has 0 aliphatic carbocycles. The fraction of sp³-hybridized carbons (Fsp3) is 0.409. The molecular formula is C22H21F2N5O2. The molecule has 1 spiro atoms. The van der Waals surface area contributed by atoms with Gasteiger partial charge in [-0.2, -0.15) is 9.61 Å². The van der Waals surface area contributed by atoms with E-state index in [-0.39, 0.29) is 17.7 Å². The van der Waals surface area contributed by atoms with Crippen LogP contribution in [0, 0.1) is 11.6 Å². The third-order valence-corrected chi connectivity index (χ3v) is 6.80. The van der Waals surface area contributed by atoms with Gasteiger partial charge in [0, 0.05) is 43.8 Å². The van der Waals surface area contributed by atoms with Crippen LogP contribution in [0.25, 0.3) is 5.65 Å². The highest BCUT2D eigenvalue weighted by Gasteiger charge is 2.58. The minimum atomic E-state index is -0.903. The molecule has 31 heavy (non-hydrogen) atoms. The molecule has 3 aliphatic rings. The molecule has 2 atom stereocenters. The maximum atomic E-state index is 14.4. The number of halogens is 2. The maximum Gasteiger partial charge on any atom is 0.257 e. The lowest BCUT2D eigenvalue weighted by atomic mass is 9.89. The number of aromatic nitrogens is 3. The zero-order chi connectivity index (χ0) is 21.2. The normalized spacial score (nSPS) is 25.0. The van der Waals surface area contributed by atoms with E-state index in [1.807, 2.05) is 12.1 Å². The summed E-state index contributed by atoms with van der Waals surface area (Å²) in [5.41, 5.74) is 0.0956. The molecule has 3 aliphatic heterocycles. The number of hydrogen-bond donors (Lipinski definition) is 0. The Morgan fingerprint density at radius 3 is 2.74 bits per heavy atom. The van der Waals surface area contributed by atoms with Crippen molar-refractivity contribution >= 4 is 17.4 Å². The van der Waals surface area contributed by atoms with Gasteiger partial charge in [0.2, 0.25) is 0 Å². The number of nitrogens with zero attached hydrogens (tertiary/aromatic N) is 5. The summed E-state index contributed by atoms with van der Waals surface area (Å²) in [4.78, 5) is 21.6. The number of ether oxygens (including phenoxy) is 1. The number of benzene rings is 1. The van der Waals surface area contributed by atoms with Crippen LogP contribution in [-0.4, -0.2) is 50.3 Å². The second-order valence-electron chi connectivity index (χ2n) is 8.43. The number of anilines is 1. The van der Waals surface area contributed by atoms with Crippen LogP contribution in [0.4, 0.5) is 14.6 Å². The predicted octanol–water partition coefficient (Wildman–Crippen LogP) is 3.07. The summed E-state index contributed by atoms with van der Waals surface area (Å²) in [5.74, 6) is -0.174. The average molecular weight is 425 g/mol. The van der Waals surface area contributed by atoms with Crippen molar-refractivity contribution in [2.75, 3.05) is 18.0 Å². The molecule has 3 aromatic rings. The summed E-state index contributed by atoms with van der Waals surface area (Å²) in [5, 5.41) is 4.34. The molecule has 7 nitrogen and oxygen atoms in total. The zero-order valence-corrected chi connectivity index (χ0v) is 16.7. The first-order chi connectivity index (χ1) is 15.1. The lowest BCUT2D eigenvalue weighted by Gasteiger charge is -2.38. The van der Waals surface area contributed by atoms with Crippen molar-refractivity contribution < 1.29 is 18.3 Å². The van der Waals surface area contributed by atoms with Crippen molar-refractivity contribution in [2.45, 2.75) is 43.6 Å². The molecule has 1 aromatic carbocycles. The number of carbonyl (C=O) groups is 1. The molecule has 3 fully saturated rings. The summed E-state index contributed by atoms with van der Waals surface area (Å²) in [6.45, 7) is 1.26. The number of rotatable bonds is 2. The molecule has 2 aromatic heterocycles. The summed E-state index contributed by atoms with van der Waals surface area (Å²) in [6.07, 6.45) is 5.32. The Kier molecular flexibility index (Phi) is 4.05. The average Bonchev–Trinajstić information content (AvgIpc) is 3.47. The van der Waals surface area contributed by atoms with Gasteiger partial charge in [-0.1, -0.05) is 0 Å². The molecule has 1 amide bonds. The monoisotopic (exact) mass is 425 g/mol. The predicted molar refractivity (Wildman–Crippen MR) is 107 cm³/mol. The van der Waals surface area contributed by atoms with Crippen molar-refractivity contribution in [1.29, 1.82) is 0 Å². The highest BCUT2D eigenvalue weighted by molar-refractivity contribution is 5.88. The van der Waals surface area contributed by atoms with Crippen molar-refractivity contribution in [3.8, 4) is 0 Å². The molecule has 2 unspecified atom stereocenters. The first-order valence-corrected chi connectivity index (χ1v) is 10.5. The second kappa shape index (κ2) is 6.71. The Morgan fingerprint density at radius 1 is 1.06 bits per heavy atom. The van der Waals surface area contributed by atoms with E-state index < -0.39 is 23.3 Å². The van der Waals surface area contributed by atoms with Crippen LogP contribution in [0.5, 0.6) is 0 Å². The maximum absolute atomic E-state index is 14.4. The van der Waals surface area contributed by atoms with Gasteiger partial charge in [0.1, 0.15) is 23.7 Å². The summed E-state index contributed by atoms with van der Waals surface area (Å²) >= 11 is 0. The quantitative estimate of drug-likeness (QED) is 0.632. The molecule has 6 rings (SSSR count). The molecule has 5 heterocycles. The number of hydrogen-bond acceptors (Lipinski definition) is 5. The summed E-state index contributed by atoms with van der Waals surface area (Å²) in [6, 6.07) is 6.69. The lowest BCUT2D eigenvalue weighted by molar-refractivity contribution is -0.140. The van der Waals surface area contributed by atoms with Crippen molar-refractivity contribution in [3.63, 3.8) is 0 Å². The Bertz CT molecular complexity index is 1170. The van der Waals surface area contributed by atoms with Crippen molar-refractivity contribution in [1.82, 2.24) is 19.5 Å². The van der Waals surface area contributed by atoms with E-state index in [1.165, 1.54) is 6.07 Å². The standard InChI is InChI=1S/C22H21F2N5O2/c23-14-1-2-16(24)15(13-14)17-3-4-20-28(17)21(30)22(31-20)7-11-27(12-8-22)19-6-9-25-18-5-10-26-29(18)19/h1-2,5-6,9-10,13,17,20H,3-4,7-8,11-12H2. The second-order valence-corrected chi connectivity index (χ2v) is 8.43. The minimum absolute atomic E-state index is 0.109. The number of amides is 1. The van der Waals surface area contributed by atoms with Crippen molar-refractivity contribution in [2.24, 2.45) is 0 Å². The summed E-state index contributed by atoms with van der Waals surface area (Å²) in [7, 11) is 0. The smallest absolute Gasteiger partial charge is 0.257 e. The first kappa shape index (κ1) is 18.7. The van der Waals surface area contributed by atoms with Crippen LogP contribution in [0.15, 0.2) is 42.7 Å². The largest absolute Gasteiger partial charge is 0.356 e. The molecule has 160 valence electrons. The van der Waals surface area contributed by atoms with E-state index in [0.29, 0.717) is 38.8 Å². The van der Waals surface area contributed by atoms with Gasteiger partial charge in [0.15, 0.2) is 11.2 Å². The van der Waals surface area contributed by atoms with Gasteiger partial charge in [0.05, 0.1) is 12.2 Å². The van der Waals surface area contributed by atoms with Gasteiger partial charge in [-0.05, 0) is 37.1 Å². The van der Waals surface area contributed by atoms with Gasteiger partial charge < -0.3 is 14.5 Å². The number of carbonyl (C=O) groups excluding carboxylic acids is 1. The van der Waals surface area contributed by atoms with Crippen LogP contribution in [0.2, 0.25) is 0 Å². The number of fused-ring (bicyclic) bond motifs is 2. The minimum Gasteiger partial charge on any atom is -0.356 e. The SMILES string of the molecule is O=C1N2C(CCC2c2cc(F)ccc2F)OC12CCN(c1ccnc3ccnn13)CC2. The molecule has 9 heteroatoms. The van der Waals surface area contributed by atoms with E-state index in [2.05, 4.69) is 15.0 Å². The van der Waals surface area contributed by atoms with Gasteiger partial charge in [-0.25, -0.2) is 13.8 Å². The molecule has 0 N–H and O–H groups in total. The van der Waals surface area contributed by atoms with E-state index in [1.54, 1.807) is 21.8 Å². The third kappa shape index (κ3) is 2.76. The summed E-state index contributed by atoms with van der Waals surface area (Å²) < 4.78 is 36.3. The van der Waals surface area contributed by atoms with Crippen LogP contribution in [-0.2, 0) is 9.53 Å². The molecule has 0 bridgehead atoms. The Labute approximate surface area is 177 Å². The van der Waals surface area contributed by atoms with Crippen LogP contribution in [0.1, 0.15) is 37.3 Å². The van der Waals surface area contributed by atoms with Gasteiger partial charge >= 0.3 is 0 Å². The van der Waals surface area contributed by atoms with Crippen LogP contribution >= 0.6 is 0 Å². The highest BCUT2D eigenvalue weighted by Crippen LogP contribution is 2.48. The van der Waals surface area contributed by atoms with Crippen molar-refractivity contribution in [3.05, 3.63) is 59.9 Å². The third-order valence-electron chi connectivity index (χ3n) is 6.80. The highest BCUT2D eigenvalue weighted by atomic mass is 19.1. The van der Waals surface area contributed by atoms with E-state index in [4.69, 9.17) is 4.74 Å². The fourth-order valence-corrected chi connectivity index (χ4v) is 5.28. The topological polar surface area (TPSA) is 63.0 Å². The lowest BCUT2D eigenvalue weighted by Crippen LogP contribution is -2.50. The van der Waals surface area contributed by atoms with Gasteiger partial charge in [0.25, 0.3) is 5.91 Å². The van der Waals surface area contributed by atoms with Gasteiger partial charge in [-0.15, -0.1) is 0 Å². The molecule has 0 saturated carbocycles. The fourth-order valence-electron chi connectivity index (χ4n) is 5.28. The first-order valence-electron chi connectivity index (χ1n) is 10.5. The van der Waals surface area contributed by atoms with E-state index in [9.17, 15) is 13.6 Å². The molecule has 3 saturated heterocycles. The van der Waals surface area contributed by atoms with E-state index >= 15 is 0 Å². The number of piperidine rings is 1. The van der Waals surface area contributed by atoms with Crippen LogP contribution < -0.4 is 4.90 Å². The van der Waals surface area contributed by atoms with E-state index in [0.717, 1.165) is 23.6 Å².